The molecule has 0 fully saturated rings. The maximum atomic E-state index is 9.21. The fraction of sp³-hybridized carbons (Fsp3) is 0.160. The van der Waals surface area contributed by atoms with Crippen molar-refractivity contribution in [2.75, 3.05) is 5.32 Å². The van der Waals surface area contributed by atoms with Crippen LogP contribution in [-0.2, 0) is 6.42 Å². The molecule has 5 rings (SSSR count). The number of nitrogens with zero attached hydrogens (tertiary/aromatic N) is 3. The second-order valence-electron chi connectivity index (χ2n) is 7.64. The van der Waals surface area contributed by atoms with E-state index in [4.69, 9.17) is 0 Å². The maximum absolute atomic E-state index is 9.21. The van der Waals surface area contributed by atoms with Crippen LogP contribution in [0.4, 0.5) is 5.69 Å². The van der Waals surface area contributed by atoms with Crippen molar-refractivity contribution in [3.63, 3.8) is 0 Å². The first kappa shape index (κ1) is 18.0. The van der Waals surface area contributed by atoms with Crippen LogP contribution in [0.1, 0.15) is 41.1 Å². The van der Waals surface area contributed by atoms with Crippen LogP contribution < -0.4 is 5.32 Å². The van der Waals surface area contributed by atoms with Gasteiger partial charge < -0.3 is 5.32 Å². The van der Waals surface area contributed by atoms with Gasteiger partial charge in [0.05, 0.1) is 34.8 Å². The Hall–Kier alpha value is -4.09. The largest absolute Gasteiger partial charge is 0.378 e. The number of H-pyrrole nitrogens is 1. The lowest BCUT2D eigenvalue weighted by molar-refractivity contribution is 0.600. The summed E-state index contributed by atoms with van der Waals surface area (Å²) in [5.74, 6) is 0. The molecule has 0 saturated heterocycles. The molecule has 4 aromatic rings. The van der Waals surface area contributed by atoms with E-state index in [9.17, 15) is 10.5 Å². The summed E-state index contributed by atoms with van der Waals surface area (Å²) in [5, 5.41) is 30.7. The molecule has 0 bridgehead atoms. The van der Waals surface area contributed by atoms with E-state index in [2.05, 4.69) is 45.9 Å². The summed E-state index contributed by atoms with van der Waals surface area (Å²) in [5.41, 5.74) is 7.62. The van der Waals surface area contributed by atoms with Crippen molar-refractivity contribution in [2.24, 2.45) is 0 Å². The van der Waals surface area contributed by atoms with Crippen LogP contribution >= 0.6 is 0 Å². The number of nitrogens with one attached hydrogen (secondary N) is 2. The third-order valence-electron chi connectivity index (χ3n) is 5.76. The van der Waals surface area contributed by atoms with E-state index in [1.54, 1.807) is 6.07 Å². The van der Waals surface area contributed by atoms with Crippen LogP contribution in [0.25, 0.3) is 22.2 Å². The van der Waals surface area contributed by atoms with E-state index in [0.717, 1.165) is 52.7 Å². The Labute approximate surface area is 174 Å². The minimum atomic E-state index is 0.219. The van der Waals surface area contributed by atoms with Gasteiger partial charge in [0.25, 0.3) is 0 Å². The molecule has 144 valence electrons. The second-order valence-corrected chi connectivity index (χ2v) is 7.64. The van der Waals surface area contributed by atoms with Gasteiger partial charge in [-0.3, -0.25) is 5.10 Å². The Kier molecular flexibility index (Phi) is 4.42. The zero-order valence-electron chi connectivity index (χ0n) is 16.3. The molecule has 0 aliphatic heterocycles. The Bertz CT molecular complexity index is 1340. The second kappa shape index (κ2) is 7.39. The predicted octanol–water partition coefficient (Wildman–Crippen LogP) is 5.46. The molecule has 1 aromatic heterocycles. The molecule has 0 saturated carbocycles. The molecular weight excluding hydrogens is 370 g/mol. The minimum Gasteiger partial charge on any atom is -0.378 e. The molecule has 1 atom stereocenters. The highest BCUT2D eigenvalue weighted by Gasteiger charge is 2.21. The molecule has 3 aromatic carbocycles. The summed E-state index contributed by atoms with van der Waals surface area (Å²) in [6.07, 6.45) is 3.17. The summed E-state index contributed by atoms with van der Waals surface area (Å²) in [6, 6.07) is 24.4. The Morgan fingerprint density at radius 1 is 0.967 bits per heavy atom. The number of anilines is 1. The third-order valence-corrected chi connectivity index (χ3v) is 5.76. The molecule has 30 heavy (non-hydrogen) atoms. The van der Waals surface area contributed by atoms with Gasteiger partial charge in [0.1, 0.15) is 5.69 Å². The van der Waals surface area contributed by atoms with Gasteiger partial charge in [0, 0.05) is 16.6 Å². The number of hydrogen-bond donors (Lipinski definition) is 2. The van der Waals surface area contributed by atoms with Crippen molar-refractivity contribution in [1.82, 2.24) is 10.2 Å². The van der Waals surface area contributed by atoms with Crippen molar-refractivity contribution in [3.8, 4) is 23.4 Å². The SMILES string of the molecule is N#Cc1cccc(-c2n[nH]c3ccc(N[C@H]4CCCc5cc(C#N)ccc54)cc23)c1. The van der Waals surface area contributed by atoms with Gasteiger partial charge in [0.2, 0.25) is 0 Å². The molecule has 1 aliphatic carbocycles. The molecule has 0 spiro atoms. The first-order valence-electron chi connectivity index (χ1n) is 10.0. The normalized spacial score (nSPS) is 15.2. The number of fused-ring (bicyclic) bond motifs is 2. The molecule has 5 heteroatoms. The Morgan fingerprint density at radius 2 is 1.83 bits per heavy atom. The molecule has 1 heterocycles. The monoisotopic (exact) mass is 389 g/mol. The molecule has 0 radical (unpaired) electrons. The highest BCUT2D eigenvalue weighted by atomic mass is 15.1. The van der Waals surface area contributed by atoms with E-state index in [1.807, 2.05) is 36.4 Å². The van der Waals surface area contributed by atoms with Crippen LogP contribution in [0.15, 0.2) is 60.7 Å². The highest BCUT2D eigenvalue weighted by molar-refractivity contribution is 5.95. The average Bonchev–Trinajstić information content (AvgIpc) is 3.22. The van der Waals surface area contributed by atoms with Crippen LogP contribution in [0.3, 0.4) is 0 Å². The number of aromatic nitrogens is 2. The van der Waals surface area contributed by atoms with E-state index < -0.39 is 0 Å². The number of aromatic amines is 1. The van der Waals surface area contributed by atoms with Gasteiger partial charge in [-0.15, -0.1) is 0 Å². The molecule has 1 aliphatic rings. The maximum Gasteiger partial charge on any atom is 0.100 e. The van der Waals surface area contributed by atoms with Gasteiger partial charge in [-0.1, -0.05) is 18.2 Å². The number of rotatable bonds is 3. The fourth-order valence-corrected chi connectivity index (χ4v) is 4.29. The van der Waals surface area contributed by atoms with Crippen molar-refractivity contribution in [1.29, 1.82) is 10.5 Å². The van der Waals surface area contributed by atoms with Gasteiger partial charge in [-0.2, -0.15) is 15.6 Å². The number of aryl methyl sites for hydroxylation is 1. The lowest BCUT2D eigenvalue weighted by Gasteiger charge is -2.27. The molecule has 0 unspecified atom stereocenters. The lowest BCUT2D eigenvalue weighted by atomic mass is 9.86. The summed E-state index contributed by atoms with van der Waals surface area (Å²) >= 11 is 0. The van der Waals surface area contributed by atoms with Gasteiger partial charge in [-0.05, 0) is 72.9 Å². The molecule has 5 nitrogen and oxygen atoms in total. The summed E-state index contributed by atoms with van der Waals surface area (Å²) < 4.78 is 0. The topological polar surface area (TPSA) is 88.3 Å². The number of hydrogen-bond acceptors (Lipinski definition) is 4. The van der Waals surface area contributed by atoms with E-state index >= 15 is 0 Å². The Balaban J connectivity index is 1.50. The standard InChI is InChI=1S/C25H19N5/c26-14-16-3-1-5-19(12-16)25-22-13-20(8-10-24(22)29-30-25)28-23-6-2-4-18-11-17(15-27)7-9-21(18)23/h1,3,5,7-13,23,28H,2,4,6H2,(H,29,30)/t23-/m0/s1. The molecule has 2 N–H and O–H groups in total. The van der Waals surface area contributed by atoms with E-state index in [-0.39, 0.29) is 6.04 Å². The first-order chi connectivity index (χ1) is 14.7. The number of nitriles is 2. The van der Waals surface area contributed by atoms with Crippen molar-refractivity contribution in [2.45, 2.75) is 25.3 Å². The highest BCUT2D eigenvalue weighted by Crippen LogP contribution is 2.35. The molecule has 0 amide bonds. The lowest BCUT2D eigenvalue weighted by Crippen LogP contribution is -2.17. The van der Waals surface area contributed by atoms with E-state index in [0.29, 0.717) is 5.56 Å². The van der Waals surface area contributed by atoms with Crippen LogP contribution in [0.5, 0.6) is 0 Å². The molecular formula is C25H19N5. The zero-order valence-corrected chi connectivity index (χ0v) is 16.3. The summed E-state index contributed by atoms with van der Waals surface area (Å²) in [7, 11) is 0. The van der Waals surface area contributed by atoms with Crippen LogP contribution in [0, 0.1) is 22.7 Å². The van der Waals surface area contributed by atoms with Crippen molar-refractivity contribution in [3.05, 3.63) is 82.9 Å². The van der Waals surface area contributed by atoms with Crippen LogP contribution in [-0.4, -0.2) is 10.2 Å². The third kappa shape index (κ3) is 3.17. The minimum absolute atomic E-state index is 0.219. The predicted molar refractivity (Wildman–Crippen MR) is 117 cm³/mol. The average molecular weight is 389 g/mol. The smallest absolute Gasteiger partial charge is 0.100 e. The van der Waals surface area contributed by atoms with E-state index in [1.165, 1.54) is 11.1 Å². The first-order valence-corrected chi connectivity index (χ1v) is 10.0. The van der Waals surface area contributed by atoms with Crippen molar-refractivity contribution >= 4 is 16.6 Å². The summed E-state index contributed by atoms with van der Waals surface area (Å²) in [6.45, 7) is 0. The number of benzene rings is 3. The van der Waals surface area contributed by atoms with Gasteiger partial charge >= 0.3 is 0 Å². The van der Waals surface area contributed by atoms with Crippen LogP contribution in [0.2, 0.25) is 0 Å². The zero-order chi connectivity index (χ0) is 20.5. The summed E-state index contributed by atoms with van der Waals surface area (Å²) in [4.78, 5) is 0. The Morgan fingerprint density at radius 3 is 2.70 bits per heavy atom. The van der Waals surface area contributed by atoms with Gasteiger partial charge in [0.15, 0.2) is 0 Å². The quantitative estimate of drug-likeness (QED) is 0.487. The fourth-order valence-electron chi connectivity index (χ4n) is 4.29. The van der Waals surface area contributed by atoms with Crippen molar-refractivity contribution < 1.29 is 0 Å². The van der Waals surface area contributed by atoms with Gasteiger partial charge in [-0.25, -0.2) is 0 Å².